The SMILES string of the molecule is N[C@@H]1[C@H](O)CC[C@@H]1C(=O)O. The summed E-state index contributed by atoms with van der Waals surface area (Å²) in [5, 5.41) is 17.5. The summed E-state index contributed by atoms with van der Waals surface area (Å²) in [4.78, 5) is 10.4. The van der Waals surface area contributed by atoms with E-state index < -0.39 is 24.0 Å². The monoisotopic (exact) mass is 145 g/mol. The van der Waals surface area contributed by atoms with Gasteiger partial charge >= 0.3 is 5.97 Å². The molecule has 0 radical (unpaired) electrons. The molecule has 1 saturated carbocycles. The van der Waals surface area contributed by atoms with Gasteiger partial charge in [0.25, 0.3) is 0 Å². The van der Waals surface area contributed by atoms with E-state index >= 15 is 0 Å². The fraction of sp³-hybridized carbons (Fsp3) is 0.833. The minimum Gasteiger partial charge on any atom is -0.481 e. The lowest BCUT2D eigenvalue weighted by molar-refractivity contribution is -0.142. The Balaban J connectivity index is 2.57. The van der Waals surface area contributed by atoms with Crippen molar-refractivity contribution in [3.8, 4) is 0 Å². The van der Waals surface area contributed by atoms with Crippen molar-refractivity contribution in [3.05, 3.63) is 0 Å². The van der Waals surface area contributed by atoms with E-state index in [1.165, 1.54) is 0 Å². The molecule has 1 aliphatic carbocycles. The number of hydrogen-bond acceptors (Lipinski definition) is 3. The average molecular weight is 145 g/mol. The Morgan fingerprint density at radius 2 is 2.10 bits per heavy atom. The third kappa shape index (κ3) is 1.12. The molecule has 1 aliphatic rings. The Morgan fingerprint density at radius 1 is 1.50 bits per heavy atom. The van der Waals surface area contributed by atoms with Crippen molar-refractivity contribution in [2.45, 2.75) is 25.0 Å². The summed E-state index contributed by atoms with van der Waals surface area (Å²) in [5.74, 6) is -1.45. The molecule has 1 rings (SSSR count). The first kappa shape index (κ1) is 7.50. The predicted molar refractivity (Wildman–Crippen MR) is 34.3 cm³/mol. The fourth-order valence-electron chi connectivity index (χ4n) is 1.29. The van der Waals surface area contributed by atoms with Crippen molar-refractivity contribution in [2.75, 3.05) is 0 Å². The first-order chi connectivity index (χ1) is 4.63. The molecule has 10 heavy (non-hydrogen) atoms. The van der Waals surface area contributed by atoms with Crippen LogP contribution in [0.4, 0.5) is 0 Å². The van der Waals surface area contributed by atoms with Crippen LogP contribution in [0, 0.1) is 5.92 Å². The van der Waals surface area contributed by atoms with Gasteiger partial charge in [-0.05, 0) is 12.8 Å². The Kier molecular flexibility index (Phi) is 1.92. The minimum absolute atomic E-state index is 0.498. The van der Waals surface area contributed by atoms with Gasteiger partial charge in [0.05, 0.1) is 12.0 Å². The molecular weight excluding hydrogens is 134 g/mol. The first-order valence-electron chi connectivity index (χ1n) is 3.29. The summed E-state index contributed by atoms with van der Waals surface area (Å²) in [7, 11) is 0. The summed E-state index contributed by atoms with van der Waals surface area (Å²) in [6.45, 7) is 0. The van der Waals surface area contributed by atoms with Crippen molar-refractivity contribution >= 4 is 5.97 Å². The maximum Gasteiger partial charge on any atom is 0.308 e. The van der Waals surface area contributed by atoms with E-state index in [0.717, 1.165) is 0 Å². The largest absolute Gasteiger partial charge is 0.481 e. The molecule has 0 amide bonds. The van der Waals surface area contributed by atoms with Crippen LogP contribution in [0.25, 0.3) is 0 Å². The lowest BCUT2D eigenvalue weighted by atomic mass is 10.0. The molecule has 0 heterocycles. The predicted octanol–water partition coefficient (Wildman–Crippen LogP) is -0.831. The minimum atomic E-state index is -0.899. The number of aliphatic carboxylic acids is 1. The highest BCUT2D eigenvalue weighted by Crippen LogP contribution is 2.24. The molecule has 3 atom stereocenters. The summed E-state index contributed by atoms with van der Waals surface area (Å²) >= 11 is 0. The molecule has 4 heteroatoms. The van der Waals surface area contributed by atoms with Gasteiger partial charge in [0, 0.05) is 6.04 Å². The molecule has 0 saturated heterocycles. The summed E-state index contributed by atoms with van der Waals surface area (Å²) < 4.78 is 0. The number of rotatable bonds is 1. The number of aliphatic hydroxyl groups excluding tert-OH is 1. The number of carbonyl (C=O) groups is 1. The van der Waals surface area contributed by atoms with E-state index in [1.54, 1.807) is 0 Å². The van der Waals surface area contributed by atoms with Crippen LogP contribution < -0.4 is 5.73 Å². The third-order valence-electron chi connectivity index (χ3n) is 2.00. The molecule has 0 bridgehead atoms. The molecule has 0 aliphatic heterocycles. The van der Waals surface area contributed by atoms with Gasteiger partial charge < -0.3 is 15.9 Å². The van der Waals surface area contributed by atoms with Crippen LogP contribution in [0.15, 0.2) is 0 Å². The Bertz CT molecular complexity index is 148. The highest BCUT2D eigenvalue weighted by molar-refractivity contribution is 5.71. The van der Waals surface area contributed by atoms with Crippen LogP contribution in [-0.2, 0) is 4.79 Å². The highest BCUT2D eigenvalue weighted by atomic mass is 16.4. The van der Waals surface area contributed by atoms with E-state index in [-0.39, 0.29) is 0 Å². The van der Waals surface area contributed by atoms with E-state index in [4.69, 9.17) is 15.9 Å². The van der Waals surface area contributed by atoms with E-state index in [2.05, 4.69) is 0 Å². The lowest BCUT2D eigenvalue weighted by Crippen LogP contribution is -2.38. The first-order valence-corrected chi connectivity index (χ1v) is 3.29. The maximum absolute atomic E-state index is 10.4. The van der Waals surface area contributed by atoms with Crippen molar-refractivity contribution in [1.29, 1.82) is 0 Å². The van der Waals surface area contributed by atoms with Crippen molar-refractivity contribution in [3.63, 3.8) is 0 Å². The number of aliphatic hydroxyl groups is 1. The maximum atomic E-state index is 10.4. The van der Waals surface area contributed by atoms with Crippen LogP contribution in [0.3, 0.4) is 0 Å². The number of nitrogens with two attached hydrogens (primary N) is 1. The molecule has 0 aromatic carbocycles. The highest BCUT2D eigenvalue weighted by Gasteiger charge is 2.36. The number of hydrogen-bond donors (Lipinski definition) is 3. The Labute approximate surface area is 58.6 Å². The summed E-state index contributed by atoms with van der Waals surface area (Å²) in [6, 6.07) is -0.572. The van der Waals surface area contributed by atoms with Crippen molar-refractivity contribution < 1.29 is 15.0 Å². The summed E-state index contributed by atoms with van der Waals surface area (Å²) in [6.07, 6.45) is 0.386. The van der Waals surface area contributed by atoms with Gasteiger partial charge in [-0.3, -0.25) is 4.79 Å². The normalized spacial score (nSPS) is 40.0. The quantitative estimate of drug-likeness (QED) is 0.449. The van der Waals surface area contributed by atoms with Gasteiger partial charge in [0.1, 0.15) is 0 Å². The molecule has 0 aromatic heterocycles. The van der Waals surface area contributed by atoms with Gasteiger partial charge in [0.2, 0.25) is 0 Å². The molecule has 0 aromatic rings. The molecule has 1 fully saturated rings. The molecule has 4 nitrogen and oxygen atoms in total. The van der Waals surface area contributed by atoms with Crippen molar-refractivity contribution in [2.24, 2.45) is 11.7 Å². The van der Waals surface area contributed by atoms with Gasteiger partial charge in [0.15, 0.2) is 0 Å². The van der Waals surface area contributed by atoms with Crippen LogP contribution >= 0.6 is 0 Å². The molecular formula is C6H11NO3. The molecule has 4 N–H and O–H groups in total. The van der Waals surface area contributed by atoms with Crippen LogP contribution in [0.1, 0.15) is 12.8 Å². The smallest absolute Gasteiger partial charge is 0.308 e. The lowest BCUT2D eigenvalue weighted by Gasteiger charge is -2.11. The number of carboxylic acid groups (broad SMARTS) is 1. The van der Waals surface area contributed by atoms with E-state index in [0.29, 0.717) is 12.8 Å². The average Bonchev–Trinajstić information content (AvgIpc) is 2.14. The van der Waals surface area contributed by atoms with E-state index in [1.807, 2.05) is 0 Å². The van der Waals surface area contributed by atoms with Crippen molar-refractivity contribution in [1.82, 2.24) is 0 Å². The van der Waals surface area contributed by atoms with Gasteiger partial charge in [-0.15, -0.1) is 0 Å². The van der Waals surface area contributed by atoms with Gasteiger partial charge in [-0.1, -0.05) is 0 Å². The summed E-state index contributed by atoms with van der Waals surface area (Å²) in [5.41, 5.74) is 5.39. The fourth-order valence-corrected chi connectivity index (χ4v) is 1.29. The number of carboxylic acids is 1. The van der Waals surface area contributed by atoms with Crippen LogP contribution in [0.2, 0.25) is 0 Å². The topological polar surface area (TPSA) is 83.5 Å². The Morgan fingerprint density at radius 3 is 2.30 bits per heavy atom. The van der Waals surface area contributed by atoms with Gasteiger partial charge in [-0.25, -0.2) is 0 Å². The van der Waals surface area contributed by atoms with Crippen LogP contribution in [0.5, 0.6) is 0 Å². The third-order valence-corrected chi connectivity index (χ3v) is 2.00. The second kappa shape index (κ2) is 2.56. The zero-order valence-electron chi connectivity index (χ0n) is 5.53. The standard InChI is InChI=1S/C6H11NO3/c7-5-3(6(9)10)1-2-4(5)8/h3-5,8H,1-2,7H2,(H,9,10)/t3-,4+,5-/m0/s1. The second-order valence-electron chi connectivity index (χ2n) is 2.67. The van der Waals surface area contributed by atoms with Crippen LogP contribution in [-0.4, -0.2) is 28.3 Å². The second-order valence-corrected chi connectivity index (χ2v) is 2.67. The zero-order chi connectivity index (χ0) is 7.72. The molecule has 0 spiro atoms. The van der Waals surface area contributed by atoms with E-state index in [9.17, 15) is 4.79 Å². The zero-order valence-corrected chi connectivity index (χ0v) is 5.53. The van der Waals surface area contributed by atoms with Gasteiger partial charge in [-0.2, -0.15) is 0 Å². The molecule has 0 unspecified atom stereocenters. The molecule has 58 valence electrons. The Hall–Kier alpha value is -0.610.